The summed E-state index contributed by atoms with van der Waals surface area (Å²) in [6.45, 7) is 3.66. The maximum Gasteiger partial charge on any atom is 0.433 e. The lowest BCUT2D eigenvalue weighted by molar-refractivity contribution is -0.141. The highest BCUT2D eigenvalue weighted by molar-refractivity contribution is 5.62. The van der Waals surface area contributed by atoms with Gasteiger partial charge in [0.15, 0.2) is 5.82 Å². The molecule has 0 radical (unpaired) electrons. The van der Waals surface area contributed by atoms with Gasteiger partial charge in [0.1, 0.15) is 29.0 Å². The molecule has 0 aliphatic carbocycles. The summed E-state index contributed by atoms with van der Waals surface area (Å²) in [5.41, 5.74) is -1.08. The largest absolute Gasteiger partial charge is 0.433 e. The number of nitrogens with zero attached hydrogens (tertiary/aromatic N) is 4. The maximum absolute atomic E-state index is 13.4. The fourth-order valence-electron chi connectivity index (χ4n) is 2.38. The molecule has 0 saturated heterocycles. The van der Waals surface area contributed by atoms with Crippen LogP contribution in [0.15, 0.2) is 36.5 Å². The second kappa shape index (κ2) is 7.94. The molecule has 2 N–H and O–H groups in total. The zero-order chi connectivity index (χ0) is 21.2. The molecule has 2 heterocycles. The van der Waals surface area contributed by atoms with Crippen molar-refractivity contribution in [1.82, 2.24) is 19.9 Å². The summed E-state index contributed by atoms with van der Waals surface area (Å²) < 4.78 is 65.7. The van der Waals surface area contributed by atoms with Gasteiger partial charge < -0.3 is 10.6 Å². The van der Waals surface area contributed by atoms with Gasteiger partial charge >= 0.3 is 6.18 Å². The van der Waals surface area contributed by atoms with E-state index in [2.05, 4.69) is 30.6 Å². The van der Waals surface area contributed by atoms with Crippen molar-refractivity contribution in [2.45, 2.75) is 26.1 Å². The molecule has 0 atom stereocenters. The van der Waals surface area contributed by atoms with E-state index in [-0.39, 0.29) is 35.0 Å². The average Bonchev–Trinajstić information content (AvgIpc) is 2.59. The number of hydrogen-bond donors (Lipinski definition) is 2. The lowest BCUT2D eigenvalue weighted by Gasteiger charge is -2.13. The van der Waals surface area contributed by atoms with E-state index in [0.29, 0.717) is 6.07 Å². The fraction of sp³-hybridized carbons (Fsp3) is 0.222. The van der Waals surface area contributed by atoms with Crippen LogP contribution in [0.5, 0.6) is 0 Å². The lowest BCUT2D eigenvalue weighted by atomic mass is 10.3. The molecule has 11 heteroatoms. The zero-order valence-electron chi connectivity index (χ0n) is 15.2. The smallest absolute Gasteiger partial charge is 0.368 e. The topological polar surface area (TPSA) is 75.6 Å². The molecule has 1 aromatic carbocycles. The summed E-state index contributed by atoms with van der Waals surface area (Å²) in [6, 6.07) is 4.91. The van der Waals surface area contributed by atoms with Gasteiger partial charge in [-0.1, -0.05) is 0 Å². The third-order valence-corrected chi connectivity index (χ3v) is 3.44. The van der Waals surface area contributed by atoms with Crippen LogP contribution in [0.2, 0.25) is 0 Å². The number of nitrogens with one attached hydrogen (secondary N) is 2. The molecule has 0 aliphatic heterocycles. The molecule has 0 bridgehead atoms. The Hall–Kier alpha value is -3.37. The SMILES string of the molecule is CC(C)Nc1cc(Nc2cc(F)cc(F)c2)nc(-c2nccc(C(F)(F)F)n2)n1. The lowest BCUT2D eigenvalue weighted by Crippen LogP contribution is -2.13. The first-order valence-corrected chi connectivity index (χ1v) is 8.39. The van der Waals surface area contributed by atoms with Crippen molar-refractivity contribution in [2.75, 3.05) is 10.6 Å². The fourth-order valence-corrected chi connectivity index (χ4v) is 2.38. The highest BCUT2D eigenvalue weighted by atomic mass is 19.4. The Morgan fingerprint density at radius 3 is 2.14 bits per heavy atom. The van der Waals surface area contributed by atoms with Crippen molar-refractivity contribution < 1.29 is 22.0 Å². The molecule has 0 spiro atoms. The second-order valence-electron chi connectivity index (χ2n) is 6.31. The maximum atomic E-state index is 13.4. The summed E-state index contributed by atoms with van der Waals surface area (Å²) in [5.74, 6) is -1.79. The summed E-state index contributed by atoms with van der Waals surface area (Å²) in [5, 5.41) is 5.70. The van der Waals surface area contributed by atoms with Crippen LogP contribution in [-0.4, -0.2) is 26.0 Å². The van der Waals surface area contributed by atoms with Crippen LogP contribution in [0.3, 0.4) is 0 Å². The molecule has 6 nitrogen and oxygen atoms in total. The highest BCUT2D eigenvalue weighted by Crippen LogP contribution is 2.29. The minimum absolute atomic E-state index is 0.0559. The van der Waals surface area contributed by atoms with Crippen LogP contribution < -0.4 is 10.6 Å². The molecule has 0 saturated carbocycles. The average molecular weight is 410 g/mol. The number of anilines is 3. The van der Waals surface area contributed by atoms with Gasteiger partial charge in [0.2, 0.25) is 5.82 Å². The van der Waals surface area contributed by atoms with Gasteiger partial charge in [-0.2, -0.15) is 13.2 Å². The third kappa shape index (κ3) is 5.33. The monoisotopic (exact) mass is 410 g/mol. The van der Waals surface area contributed by atoms with Gasteiger partial charge in [-0.15, -0.1) is 0 Å². The van der Waals surface area contributed by atoms with Gasteiger partial charge in [-0.05, 0) is 32.0 Å². The molecule has 0 unspecified atom stereocenters. The number of alkyl halides is 3. The molecule has 0 aliphatic rings. The molecule has 0 fully saturated rings. The van der Waals surface area contributed by atoms with Crippen molar-refractivity contribution in [3.05, 3.63) is 53.9 Å². The Morgan fingerprint density at radius 1 is 0.862 bits per heavy atom. The van der Waals surface area contributed by atoms with Crippen molar-refractivity contribution >= 4 is 17.3 Å². The Labute approximate surface area is 162 Å². The molecule has 152 valence electrons. The van der Waals surface area contributed by atoms with E-state index in [1.165, 1.54) is 6.07 Å². The second-order valence-corrected chi connectivity index (χ2v) is 6.31. The Kier molecular flexibility index (Phi) is 5.57. The molecule has 3 aromatic rings. The van der Waals surface area contributed by atoms with E-state index in [4.69, 9.17) is 0 Å². The van der Waals surface area contributed by atoms with E-state index >= 15 is 0 Å². The predicted molar refractivity (Wildman–Crippen MR) is 96.5 cm³/mol. The summed E-state index contributed by atoms with van der Waals surface area (Å²) in [4.78, 5) is 15.5. The first-order chi connectivity index (χ1) is 13.6. The highest BCUT2D eigenvalue weighted by Gasteiger charge is 2.33. The first kappa shape index (κ1) is 20.4. The molecular weight excluding hydrogens is 395 g/mol. The molecule has 2 aromatic heterocycles. The number of hydrogen-bond acceptors (Lipinski definition) is 6. The normalized spacial score (nSPS) is 11.6. The zero-order valence-corrected chi connectivity index (χ0v) is 15.2. The number of rotatable bonds is 5. The summed E-state index contributed by atoms with van der Waals surface area (Å²) in [7, 11) is 0. The van der Waals surface area contributed by atoms with E-state index in [1.807, 2.05) is 13.8 Å². The third-order valence-electron chi connectivity index (χ3n) is 3.44. The van der Waals surface area contributed by atoms with E-state index in [9.17, 15) is 22.0 Å². The van der Waals surface area contributed by atoms with E-state index < -0.39 is 23.5 Å². The Morgan fingerprint density at radius 2 is 1.52 bits per heavy atom. The first-order valence-electron chi connectivity index (χ1n) is 8.39. The minimum atomic E-state index is -4.66. The molecule has 0 amide bonds. The van der Waals surface area contributed by atoms with Gasteiger partial charge in [0, 0.05) is 30.1 Å². The summed E-state index contributed by atoms with van der Waals surface area (Å²) >= 11 is 0. The van der Waals surface area contributed by atoms with Gasteiger partial charge in [0.05, 0.1) is 0 Å². The molecule has 29 heavy (non-hydrogen) atoms. The van der Waals surface area contributed by atoms with Crippen molar-refractivity contribution in [2.24, 2.45) is 0 Å². The van der Waals surface area contributed by atoms with Crippen LogP contribution in [0.1, 0.15) is 19.5 Å². The van der Waals surface area contributed by atoms with Gasteiger partial charge in [-0.3, -0.25) is 0 Å². The standard InChI is InChI=1S/C18H15F5N6/c1-9(2)25-14-8-15(26-12-6-10(19)5-11(20)7-12)29-17(28-14)16-24-4-3-13(27-16)18(21,22)23/h3-9H,1-2H3,(H2,25,26,28,29). The number of halogens is 5. The van der Waals surface area contributed by atoms with Gasteiger partial charge in [-0.25, -0.2) is 28.7 Å². The predicted octanol–water partition coefficient (Wildman–Crippen LogP) is 4.79. The quantitative estimate of drug-likeness (QED) is 0.589. The van der Waals surface area contributed by atoms with Crippen LogP contribution in [-0.2, 0) is 6.18 Å². The van der Waals surface area contributed by atoms with E-state index in [1.54, 1.807) is 0 Å². The number of benzene rings is 1. The Bertz CT molecular complexity index is 1000. The summed E-state index contributed by atoms with van der Waals surface area (Å²) in [6.07, 6.45) is -3.71. The van der Waals surface area contributed by atoms with Crippen molar-refractivity contribution in [1.29, 1.82) is 0 Å². The van der Waals surface area contributed by atoms with Crippen LogP contribution in [0, 0.1) is 11.6 Å². The van der Waals surface area contributed by atoms with Crippen LogP contribution in [0.25, 0.3) is 11.6 Å². The van der Waals surface area contributed by atoms with Gasteiger partial charge in [0.25, 0.3) is 0 Å². The van der Waals surface area contributed by atoms with Crippen molar-refractivity contribution in [3.63, 3.8) is 0 Å². The van der Waals surface area contributed by atoms with Crippen molar-refractivity contribution in [3.8, 4) is 11.6 Å². The van der Waals surface area contributed by atoms with Crippen LogP contribution >= 0.6 is 0 Å². The van der Waals surface area contributed by atoms with Crippen LogP contribution in [0.4, 0.5) is 39.3 Å². The van der Waals surface area contributed by atoms with E-state index in [0.717, 1.165) is 24.4 Å². The molecular formula is C18H15F5N6. The molecule has 3 rings (SSSR count). The number of aromatic nitrogens is 4. The Balaban J connectivity index is 2.04. The minimum Gasteiger partial charge on any atom is -0.368 e.